The molecule has 0 radical (unpaired) electrons. The van der Waals surface area contributed by atoms with Crippen LogP contribution in [0.5, 0.6) is 0 Å². The van der Waals surface area contributed by atoms with Crippen molar-refractivity contribution in [3.05, 3.63) is 12.3 Å². The highest BCUT2D eigenvalue weighted by molar-refractivity contribution is 5.76. The number of aliphatic carboxylic acids is 1. The molecule has 0 bridgehead atoms. The molecule has 1 aliphatic rings. The van der Waals surface area contributed by atoms with E-state index >= 15 is 0 Å². The van der Waals surface area contributed by atoms with Crippen molar-refractivity contribution in [1.82, 2.24) is 10.9 Å². The van der Waals surface area contributed by atoms with E-state index in [1.54, 1.807) is 6.20 Å². The second-order valence-electron chi connectivity index (χ2n) is 1.46. The van der Waals surface area contributed by atoms with Crippen molar-refractivity contribution in [2.45, 2.75) is 6.04 Å². The Bertz CT molecular complexity index is 132. The Morgan fingerprint density at radius 3 is 2.75 bits per heavy atom. The fourth-order valence-corrected chi connectivity index (χ4v) is 0.474. The molecule has 0 aromatic carbocycles. The van der Waals surface area contributed by atoms with E-state index in [9.17, 15) is 4.79 Å². The first kappa shape index (κ1) is 5.11. The third-order valence-corrected chi connectivity index (χ3v) is 0.877. The first-order valence-electron chi connectivity index (χ1n) is 2.21. The van der Waals surface area contributed by atoms with Gasteiger partial charge in [0.25, 0.3) is 0 Å². The Morgan fingerprint density at radius 1 is 1.75 bits per heavy atom. The molecule has 8 heavy (non-hydrogen) atoms. The average molecular weight is 114 g/mol. The van der Waals surface area contributed by atoms with E-state index in [2.05, 4.69) is 10.9 Å². The zero-order valence-electron chi connectivity index (χ0n) is 4.09. The Labute approximate surface area is 46.2 Å². The van der Waals surface area contributed by atoms with E-state index in [0.29, 0.717) is 0 Å². The fraction of sp³-hybridized carbons (Fsp3) is 0.250. The predicted molar refractivity (Wildman–Crippen MR) is 26.8 cm³/mol. The fourth-order valence-electron chi connectivity index (χ4n) is 0.474. The summed E-state index contributed by atoms with van der Waals surface area (Å²) in [5.41, 5.74) is 5.04. The van der Waals surface area contributed by atoms with Gasteiger partial charge in [-0.3, -0.25) is 4.79 Å². The third-order valence-electron chi connectivity index (χ3n) is 0.877. The molecular formula is C4H6N2O2. The highest BCUT2D eigenvalue weighted by atomic mass is 16.4. The minimum Gasteiger partial charge on any atom is -0.480 e. The maximum atomic E-state index is 10.0. The zero-order chi connectivity index (χ0) is 5.98. The lowest BCUT2D eigenvalue weighted by molar-refractivity contribution is -0.138. The summed E-state index contributed by atoms with van der Waals surface area (Å²) in [6.07, 6.45) is 3.08. The molecule has 44 valence electrons. The predicted octanol–water partition coefficient (Wildman–Crippen LogP) is -0.939. The summed E-state index contributed by atoms with van der Waals surface area (Å²) in [5.74, 6) is -0.869. The van der Waals surface area contributed by atoms with Gasteiger partial charge < -0.3 is 10.5 Å². The van der Waals surface area contributed by atoms with Crippen LogP contribution in [0.2, 0.25) is 0 Å². The van der Waals surface area contributed by atoms with Crippen molar-refractivity contribution in [3.8, 4) is 0 Å². The molecule has 1 heterocycles. The lowest BCUT2D eigenvalue weighted by Gasteiger charge is -1.99. The van der Waals surface area contributed by atoms with Crippen LogP contribution in [0.25, 0.3) is 0 Å². The van der Waals surface area contributed by atoms with Crippen molar-refractivity contribution in [2.24, 2.45) is 0 Å². The summed E-state index contributed by atoms with van der Waals surface area (Å²) < 4.78 is 0. The zero-order valence-corrected chi connectivity index (χ0v) is 4.09. The van der Waals surface area contributed by atoms with Gasteiger partial charge in [-0.2, -0.15) is 0 Å². The number of hydrogen-bond acceptors (Lipinski definition) is 3. The van der Waals surface area contributed by atoms with Crippen molar-refractivity contribution < 1.29 is 9.90 Å². The minimum absolute atomic E-state index is 0.560. The van der Waals surface area contributed by atoms with E-state index in [4.69, 9.17) is 5.11 Å². The van der Waals surface area contributed by atoms with Crippen LogP contribution >= 0.6 is 0 Å². The number of hydrogen-bond donors (Lipinski definition) is 3. The maximum Gasteiger partial charge on any atom is 0.326 e. The summed E-state index contributed by atoms with van der Waals surface area (Å²) in [6, 6.07) is -0.560. The van der Waals surface area contributed by atoms with E-state index in [1.807, 2.05) is 0 Å². The van der Waals surface area contributed by atoms with Crippen LogP contribution in [-0.4, -0.2) is 17.1 Å². The average Bonchev–Trinajstić information content (AvgIpc) is 2.12. The van der Waals surface area contributed by atoms with Gasteiger partial charge in [0.1, 0.15) is 6.04 Å². The lowest BCUT2D eigenvalue weighted by Crippen LogP contribution is -2.36. The maximum absolute atomic E-state index is 10.0. The minimum atomic E-state index is -0.869. The van der Waals surface area contributed by atoms with Crippen LogP contribution in [0.1, 0.15) is 0 Å². The molecular weight excluding hydrogens is 108 g/mol. The highest BCUT2D eigenvalue weighted by Crippen LogP contribution is 1.88. The van der Waals surface area contributed by atoms with Crippen LogP contribution in [0.4, 0.5) is 0 Å². The van der Waals surface area contributed by atoms with Crippen LogP contribution in [0.3, 0.4) is 0 Å². The third kappa shape index (κ3) is 0.788. The summed E-state index contributed by atoms with van der Waals surface area (Å²) >= 11 is 0. The molecule has 4 heteroatoms. The number of hydrazine groups is 1. The van der Waals surface area contributed by atoms with Crippen LogP contribution < -0.4 is 10.9 Å². The molecule has 0 saturated carbocycles. The second-order valence-corrected chi connectivity index (χ2v) is 1.46. The van der Waals surface area contributed by atoms with Gasteiger partial charge in [0.15, 0.2) is 0 Å². The Hall–Kier alpha value is -1.03. The smallest absolute Gasteiger partial charge is 0.326 e. The topological polar surface area (TPSA) is 61.4 Å². The van der Waals surface area contributed by atoms with Gasteiger partial charge >= 0.3 is 5.97 Å². The largest absolute Gasteiger partial charge is 0.480 e. The molecule has 3 N–H and O–H groups in total. The number of rotatable bonds is 1. The molecule has 0 saturated heterocycles. The van der Waals surface area contributed by atoms with Gasteiger partial charge in [0.2, 0.25) is 0 Å². The van der Waals surface area contributed by atoms with Crippen molar-refractivity contribution in [1.29, 1.82) is 0 Å². The molecule has 0 fully saturated rings. The van der Waals surface area contributed by atoms with E-state index in [0.717, 1.165) is 0 Å². The van der Waals surface area contributed by atoms with Crippen LogP contribution in [0.15, 0.2) is 12.3 Å². The molecule has 0 aromatic rings. The standard InChI is InChI=1S/C4H6N2O2/c7-4(8)3-1-2-5-6-3/h1-3,5-6H,(H,7,8). The normalized spacial score (nSPS) is 25.2. The highest BCUT2D eigenvalue weighted by Gasteiger charge is 2.14. The molecule has 1 rings (SSSR count). The summed E-state index contributed by atoms with van der Waals surface area (Å²) in [6.45, 7) is 0. The number of carboxylic acid groups (broad SMARTS) is 1. The second kappa shape index (κ2) is 1.83. The van der Waals surface area contributed by atoms with Gasteiger partial charge in [-0.25, -0.2) is 5.43 Å². The SMILES string of the molecule is O=C(O)C1C=CNN1. The molecule has 4 nitrogen and oxygen atoms in total. The van der Waals surface area contributed by atoms with Gasteiger partial charge in [0.05, 0.1) is 0 Å². The Kier molecular flexibility index (Phi) is 1.17. The van der Waals surface area contributed by atoms with E-state index in [-0.39, 0.29) is 0 Å². The Balaban J connectivity index is 2.48. The first-order valence-corrected chi connectivity index (χ1v) is 2.21. The van der Waals surface area contributed by atoms with Crippen molar-refractivity contribution >= 4 is 5.97 Å². The summed E-state index contributed by atoms with van der Waals surface area (Å²) in [7, 11) is 0. The number of carbonyl (C=O) groups is 1. The van der Waals surface area contributed by atoms with Crippen molar-refractivity contribution in [2.75, 3.05) is 0 Å². The molecule has 0 spiro atoms. The van der Waals surface area contributed by atoms with Gasteiger partial charge in [-0.05, 0) is 6.08 Å². The monoisotopic (exact) mass is 114 g/mol. The van der Waals surface area contributed by atoms with Crippen LogP contribution in [0, 0.1) is 0 Å². The Morgan fingerprint density at radius 2 is 2.50 bits per heavy atom. The van der Waals surface area contributed by atoms with E-state index < -0.39 is 12.0 Å². The molecule has 0 aromatic heterocycles. The first-order chi connectivity index (χ1) is 3.80. The lowest BCUT2D eigenvalue weighted by atomic mass is 10.3. The van der Waals surface area contributed by atoms with Crippen molar-refractivity contribution in [3.63, 3.8) is 0 Å². The van der Waals surface area contributed by atoms with E-state index in [1.165, 1.54) is 6.08 Å². The number of carboxylic acids is 1. The number of nitrogens with one attached hydrogen (secondary N) is 2. The molecule has 0 aliphatic carbocycles. The van der Waals surface area contributed by atoms with Crippen LogP contribution in [-0.2, 0) is 4.79 Å². The quantitative estimate of drug-likeness (QED) is 0.412. The van der Waals surface area contributed by atoms with Gasteiger partial charge in [-0.1, -0.05) is 0 Å². The molecule has 1 atom stereocenters. The molecule has 1 unspecified atom stereocenters. The summed E-state index contributed by atoms with van der Waals surface area (Å²) in [4.78, 5) is 10.0. The van der Waals surface area contributed by atoms with Gasteiger partial charge in [0, 0.05) is 6.20 Å². The molecule has 1 aliphatic heterocycles. The van der Waals surface area contributed by atoms with Gasteiger partial charge in [-0.15, -0.1) is 0 Å². The molecule has 0 amide bonds. The summed E-state index contributed by atoms with van der Waals surface area (Å²) in [5, 5.41) is 8.26.